The summed E-state index contributed by atoms with van der Waals surface area (Å²) >= 11 is 5.86. The number of rotatable bonds is 6. The van der Waals surface area contributed by atoms with Gasteiger partial charge in [-0.15, -0.1) is 0 Å². The van der Waals surface area contributed by atoms with Crippen molar-refractivity contribution in [1.82, 2.24) is 15.2 Å². The van der Waals surface area contributed by atoms with Gasteiger partial charge in [-0.3, -0.25) is 9.78 Å². The Balaban J connectivity index is 1.50. The van der Waals surface area contributed by atoms with E-state index in [0.29, 0.717) is 24.5 Å². The highest BCUT2D eigenvalue weighted by atomic mass is 35.5. The first-order valence-electron chi connectivity index (χ1n) is 8.98. The van der Waals surface area contributed by atoms with E-state index in [1.54, 1.807) is 29.4 Å². The molecule has 6 nitrogen and oxygen atoms in total. The number of β-amino-alcohol motifs (C(OH)–C–C–N with tert-alkyl or cyclic N) is 1. The summed E-state index contributed by atoms with van der Waals surface area (Å²) in [6.07, 6.45) is 3.01. The number of likely N-dealkylation sites (tertiary alicyclic amines) is 1. The van der Waals surface area contributed by atoms with Crippen LogP contribution in [0.1, 0.15) is 17.5 Å². The Morgan fingerprint density at radius 3 is 2.59 bits per heavy atom. The molecule has 27 heavy (non-hydrogen) atoms. The summed E-state index contributed by atoms with van der Waals surface area (Å²) in [5, 5.41) is 25.0. The SMILES string of the molecule is O=C(Cc1ccc(Cl)cc1)N1CC[C@](O)(CNCc2ccncc2)[C@@H](O)C1. The first kappa shape index (κ1) is 19.8. The van der Waals surface area contributed by atoms with Gasteiger partial charge in [0.1, 0.15) is 11.7 Å². The van der Waals surface area contributed by atoms with Crippen LogP contribution in [-0.4, -0.2) is 57.3 Å². The second kappa shape index (κ2) is 8.80. The van der Waals surface area contributed by atoms with Crippen LogP contribution in [0.25, 0.3) is 0 Å². The van der Waals surface area contributed by atoms with Gasteiger partial charge in [-0.2, -0.15) is 0 Å². The van der Waals surface area contributed by atoms with Crippen molar-refractivity contribution in [2.45, 2.75) is 31.1 Å². The molecule has 7 heteroatoms. The zero-order chi connectivity index (χ0) is 19.3. The number of aromatic nitrogens is 1. The molecule has 1 saturated heterocycles. The zero-order valence-corrected chi connectivity index (χ0v) is 15.8. The number of carbonyl (C=O) groups excluding carboxylic acids is 1. The van der Waals surface area contributed by atoms with Crippen molar-refractivity contribution in [3.8, 4) is 0 Å². The number of carbonyl (C=O) groups is 1. The Labute approximate surface area is 163 Å². The lowest BCUT2D eigenvalue weighted by atomic mass is 9.88. The van der Waals surface area contributed by atoms with E-state index in [-0.39, 0.29) is 25.4 Å². The molecule has 1 aliphatic heterocycles. The number of pyridine rings is 1. The molecule has 1 fully saturated rings. The lowest BCUT2D eigenvalue weighted by molar-refractivity contribution is -0.148. The normalized spacial score (nSPS) is 22.6. The number of benzene rings is 1. The smallest absolute Gasteiger partial charge is 0.227 e. The van der Waals surface area contributed by atoms with E-state index in [4.69, 9.17) is 11.6 Å². The quantitative estimate of drug-likeness (QED) is 0.695. The molecule has 3 rings (SSSR count). The minimum absolute atomic E-state index is 0.0665. The predicted octanol–water partition coefficient (Wildman–Crippen LogP) is 1.39. The molecule has 0 spiro atoms. The van der Waals surface area contributed by atoms with Crippen LogP contribution in [-0.2, 0) is 17.8 Å². The molecule has 1 aliphatic rings. The number of hydrogen-bond acceptors (Lipinski definition) is 5. The molecule has 1 amide bonds. The van der Waals surface area contributed by atoms with E-state index >= 15 is 0 Å². The van der Waals surface area contributed by atoms with Gasteiger partial charge >= 0.3 is 0 Å². The molecule has 0 saturated carbocycles. The van der Waals surface area contributed by atoms with Gasteiger partial charge in [-0.05, 0) is 41.8 Å². The average molecular weight is 390 g/mol. The third kappa shape index (κ3) is 5.26. The number of nitrogens with one attached hydrogen (secondary N) is 1. The van der Waals surface area contributed by atoms with Crippen molar-refractivity contribution in [3.05, 3.63) is 64.9 Å². The Kier molecular flexibility index (Phi) is 6.44. The molecule has 0 radical (unpaired) electrons. The van der Waals surface area contributed by atoms with E-state index in [1.807, 2.05) is 24.3 Å². The van der Waals surface area contributed by atoms with Crippen LogP contribution in [0.15, 0.2) is 48.8 Å². The Morgan fingerprint density at radius 1 is 1.22 bits per heavy atom. The second-order valence-electron chi connectivity index (χ2n) is 6.97. The van der Waals surface area contributed by atoms with Crippen molar-refractivity contribution >= 4 is 17.5 Å². The minimum Gasteiger partial charge on any atom is -0.388 e. The van der Waals surface area contributed by atoms with Gasteiger partial charge in [-0.25, -0.2) is 0 Å². The van der Waals surface area contributed by atoms with Gasteiger partial charge < -0.3 is 20.4 Å². The maximum absolute atomic E-state index is 12.5. The fraction of sp³-hybridized carbons (Fsp3) is 0.400. The van der Waals surface area contributed by atoms with Gasteiger partial charge in [0.15, 0.2) is 0 Å². The molecule has 2 atom stereocenters. The topological polar surface area (TPSA) is 85.7 Å². The lowest BCUT2D eigenvalue weighted by Gasteiger charge is -2.42. The first-order valence-corrected chi connectivity index (χ1v) is 9.36. The van der Waals surface area contributed by atoms with E-state index in [1.165, 1.54) is 0 Å². The number of nitrogens with zero attached hydrogens (tertiary/aromatic N) is 2. The van der Waals surface area contributed by atoms with Crippen LogP contribution in [0.5, 0.6) is 0 Å². The van der Waals surface area contributed by atoms with Crippen molar-refractivity contribution < 1.29 is 15.0 Å². The Hall–Kier alpha value is -1.99. The minimum atomic E-state index is -1.25. The molecule has 2 heterocycles. The van der Waals surface area contributed by atoms with Crippen molar-refractivity contribution in [3.63, 3.8) is 0 Å². The molecule has 1 aromatic heterocycles. The van der Waals surface area contributed by atoms with Crippen LogP contribution >= 0.6 is 11.6 Å². The summed E-state index contributed by atoms with van der Waals surface area (Å²) in [7, 11) is 0. The van der Waals surface area contributed by atoms with Crippen LogP contribution in [0.2, 0.25) is 5.02 Å². The van der Waals surface area contributed by atoms with E-state index < -0.39 is 11.7 Å². The monoisotopic (exact) mass is 389 g/mol. The van der Waals surface area contributed by atoms with E-state index in [0.717, 1.165) is 11.1 Å². The zero-order valence-electron chi connectivity index (χ0n) is 15.0. The van der Waals surface area contributed by atoms with Crippen LogP contribution in [0, 0.1) is 0 Å². The Morgan fingerprint density at radius 2 is 1.93 bits per heavy atom. The van der Waals surface area contributed by atoms with Crippen molar-refractivity contribution in [2.75, 3.05) is 19.6 Å². The standard InChI is InChI=1S/C20H24ClN3O3/c21-17-3-1-15(2-4-17)11-19(26)24-10-7-20(27,18(25)13-24)14-23-12-16-5-8-22-9-6-16/h1-6,8-9,18,23,25,27H,7,10-14H2/t18-,20-/m0/s1. The van der Waals surface area contributed by atoms with E-state index in [9.17, 15) is 15.0 Å². The maximum atomic E-state index is 12.5. The average Bonchev–Trinajstić information content (AvgIpc) is 2.67. The largest absolute Gasteiger partial charge is 0.388 e. The number of halogens is 1. The third-order valence-electron chi connectivity index (χ3n) is 4.96. The van der Waals surface area contributed by atoms with Gasteiger partial charge in [0.25, 0.3) is 0 Å². The van der Waals surface area contributed by atoms with Gasteiger partial charge in [0, 0.05) is 43.6 Å². The predicted molar refractivity (Wildman–Crippen MR) is 103 cm³/mol. The number of hydrogen-bond donors (Lipinski definition) is 3. The van der Waals surface area contributed by atoms with Crippen LogP contribution in [0.3, 0.4) is 0 Å². The number of aliphatic hydroxyl groups is 2. The summed E-state index contributed by atoms with van der Waals surface area (Å²) in [5.74, 6) is -0.0665. The fourth-order valence-corrected chi connectivity index (χ4v) is 3.34. The maximum Gasteiger partial charge on any atom is 0.227 e. The molecule has 2 aromatic rings. The Bertz CT molecular complexity index is 757. The molecule has 0 aliphatic carbocycles. The number of aliphatic hydroxyl groups excluding tert-OH is 1. The van der Waals surface area contributed by atoms with Crippen molar-refractivity contribution in [2.24, 2.45) is 0 Å². The summed E-state index contributed by atoms with van der Waals surface area (Å²) in [5.41, 5.74) is 0.682. The van der Waals surface area contributed by atoms with Gasteiger partial charge in [0.05, 0.1) is 6.42 Å². The summed E-state index contributed by atoms with van der Waals surface area (Å²) in [4.78, 5) is 18.1. The third-order valence-corrected chi connectivity index (χ3v) is 5.21. The number of piperidine rings is 1. The fourth-order valence-electron chi connectivity index (χ4n) is 3.21. The summed E-state index contributed by atoms with van der Waals surface area (Å²) < 4.78 is 0. The highest BCUT2D eigenvalue weighted by Crippen LogP contribution is 2.23. The van der Waals surface area contributed by atoms with Gasteiger partial charge in [0.2, 0.25) is 5.91 Å². The molecule has 144 valence electrons. The van der Waals surface area contributed by atoms with Crippen molar-refractivity contribution in [1.29, 1.82) is 0 Å². The molecular formula is C20H24ClN3O3. The molecule has 3 N–H and O–H groups in total. The summed E-state index contributed by atoms with van der Waals surface area (Å²) in [6, 6.07) is 10.9. The van der Waals surface area contributed by atoms with Crippen LogP contribution < -0.4 is 5.32 Å². The van der Waals surface area contributed by atoms with E-state index in [2.05, 4.69) is 10.3 Å². The van der Waals surface area contributed by atoms with Gasteiger partial charge in [-0.1, -0.05) is 23.7 Å². The number of amides is 1. The molecular weight excluding hydrogens is 366 g/mol. The lowest BCUT2D eigenvalue weighted by Crippen LogP contribution is -2.60. The highest BCUT2D eigenvalue weighted by molar-refractivity contribution is 6.30. The molecule has 0 unspecified atom stereocenters. The summed E-state index contributed by atoms with van der Waals surface area (Å²) in [6.45, 7) is 1.38. The highest BCUT2D eigenvalue weighted by Gasteiger charge is 2.41. The second-order valence-corrected chi connectivity index (χ2v) is 7.41. The first-order chi connectivity index (χ1) is 13.0. The molecule has 1 aromatic carbocycles. The molecule has 0 bridgehead atoms. The van der Waals surface area contributed by atoms with Crippen LogP contribution in [0.4, 0.5) is 0 Å².